The Morgan fingerprint density at radius 1 is 1.29 bits per heavy atom. The number of benzene rings is 1. The molecule has 21 heavy (non-hydrogen) atoms. The van der Waals surface area contributed by atoms with Crippen LogP contribution in [-0.2, 0) is 6.61 Å². The predicted octanol–water partition coefficient (Wildman–Crippen LogP) is 2.62. The van der Waals surface area contributed by atoms with E-state index in [9.17, 15) is 10.1 Å². The summed E-state index contributed by atoms with van der Waals surface area (Å²) in [6, 6.07) is 6.47. The highest BCUT2D eigenvalue weighted by atomic mass is 16.6. The molecule has 0 saturated carbocycles. The zero-order valence-corrected chi connectivity index (χ0v) is 12.1. The number of nitrogens with one attached hydrogen (secondary N) is 1. The first kappa shape index (κ1) is 14.7. The number of aryl methyl sites for hydroxylation is 2. The number of hydrogen-bond acceptors (Lipinski definition) is 6. The summed E-state index contributed by atoms with van der Waals surface area (Å²) >= 11 is 0. The minimum absolute atomic E-state index is 0.0756. The second kappa shape index (κ2) is 6.17. The second-order valence-corrected chi connectivity index (χ2v) is 4.55. The first-order chi connectivity index (χ1) is 9.99. The van der Waals surface area contributed by atoms with Crippen LogP contribution in [-0.4, -0.2) is 21.9 Å². The fourth-order valence-electron chi connectivity index (χ4n) is 1.89. The average molecular weight is 288 g/mol. The molecule has 0 saturated heterocycles. The van der Waals surface area contributed by atoms with Gasteiger partial charge in [-0.05, 0) is 26.0 Å². The number of nitro benzene ring substituents is 1. The van der Waals surface area contributed by atoms with Gasteiger partial charge in [0.15, 0.2) is 5.82 Å². The molecule has 0 spiro atoms. The molecule has 1 aromatic carbocycles. The molecule has 110 valence electrons. The molecule has 1 aromatic heterocycles. The highest BCUT2D eigenvalue weighted by Crippen LogP contribution is 2.23. The van der Waals surface area contributed by atoms with E-state index in [1.54, 1.807) is 26.1 Å². The number of nitrogens with zero attached hydrogens (tertiary/aromatic N) is 3. The van der Waals surface area contributed by atoms with Gasteiger partial charge in [-0.3, -0.25) is 10.1 Å². The van der Waals surface area contributed by atoms with Crippen LogP contribution in [0.1, 0.15) is 17.1 Å². The molecule has 0 aliphatic rings. The van der Waals surface area contributed by atoms with Crippen molar-refractivity contribution >= 4 is 11.5 Å². The Kier molecular flexibility index (Phi) is 4.32. The summed E-state index contributed by atoms with van der Waals surface area (Å²) in [6.45, 7) is 3.75. The molecule has 0 aliphatic heterocycles. The van der Waals surface area contributed by atoms with Crippen molar-refractivity contribution in [2.24, 2.45) is 0 Å². The van der Waals surface area contributed by atoms with E-state index in [0.29, 0.717) is 17.1 Å². The smallest absolute Gasteiger partial charge is 0.272 e. The first-order valence-corrected chi connectivity index (χ1v) is 6.39. The summed E-state index contributed by atoms with van der Waals surface area (Å²) in [5, 5.41) is 13.7. The van der Waals surface area contributed by atoms with Crippen molar-refractivity contribution in [1.82, 2.24) is 9.97 Å². The van der Waals surface area contributed by atoms with E-state index in [4.69, 9.17) is 4.74 Å². The van der Waals surface area contributed by atoms with E-state index in [-0.39, 0.29) is 12.3 Å². The molecule has 2 rings (SSSR count). The van der Waals surface area contributed by atoms with Crippen LogP contribution in [0.25, 0.3) is 0 Å². The monoisotopic (exact) mass is 288 g/mol. The summed E-state index contributed by atoms with van der Waals surface area (Å²) in [4.78, 5) is 18.9. The lowest BCUT2D eigenvalue weighted by Crippen LogP contribution is -2.05. The standard InChI is InChI=1S/C14H16N4O3/c1-9-6-11(4-5-12(9)18(19)20)21-8-14-16-10(2)7-13(15-3)17-14/h4-7H,8H2,1-3H3,(H,15,16,17). The number of hydrogen-bond donors (Lipinski definition) is 1. The molecular formula is C14H16N4O3. The Morgan fingerprint density at radius 2 is 2.05 bits per heavy atom. The van der Waals surface area contributed by atoms with Crippen molar-refractivity contribution < 1.29 is 9.66 Å². The maximum absolute atomic E-state index is 10.8. The number of ether oxygens (including phenoxy) is 1. The molecular weight excluding hydrogens is 272 g/mol. The topological polar surface area (TPSA) is 90.2 Å². The molecule has 1 heterocycles. The summed E-state index contributed by atoms with van der Waals surface area (Å²) in [5.41, 5.74) is 1.47. The summed E-state index contributed by atoms with van der Waals surface area (Å²) in [7, 11) is 1.78. The summed E-state index contributed by atoms with van der Waals surface area (Å²) in [5.74, 6) is 1.82. The average Bonchev–Trinajstić information content (AvgIpc) is 2.44. The van der Waals surface area contributed by atoms with Crippen LogP contribution in [0.5, 0.6) is 5.75 Å². The molecule has 0 radical (unpaired) electrons. The summed E-state index contributed by atoms with van der Waals surface area (Å²) < 4.78 is 5.59. The van der Waals surface area contributed by atoms with Crippen LogP contribution >= 0.6 is 0 Å². The maximum Gasteiger partial charge on any atom is 0.272 e. The van der Waals surface area contributed by atoms with Gasteiger partial charge in [0.2, 0.25) is 0 Å². The lowest BCUT2D eigenvalue weighted by molar-refractivity contribution is -0.385. The largest absolute Gasteiger partial charge is 0.486 e. The van der Waals surface area contributed by atoms with Gasteiger partial charge >= 0.3 is 0 Å². The van der Waals surface area contributed by atoms with Gasteiger partial charge in [0.05, 0.1) is 4.92 Å². The molecule has 0 bridgehead atoms. The molecule has 7 nitrogen and oxygen atoms in total. The molecule has 0 atom stereocenters. The number of anilines is 1. The van der Waals surface area contributed by atoms with Gasteiger partial charge in [-0.1, -0.05) is 0 Å². The van der Waals surface area contributed by atoms with E-state index < -0.39 is 4.92 Å². The number of nitro groups is 1. The van der Waals surface area contributed by atoms with E-state index >= 15 is 0 Å². The highest BCUT2D eigenvalue weighted by molar-refractivity contribution is 5.44. The molecule has 0 unspecified atom stereocenters. The number of rotatable bonds is 5. The normalized spacial score (nSPS) is 10.2. The van der Waals surface area contributed by atoms with Gasteiger partial charge in [-0.25, -0.2) is 9.97 Å². The van der Waals surface area contributed by atoms with Gasteiger partial charge in [-0.15, -0.1) is 0 Å². The van der Waals surface area contributed by atoms with E-state index in [2.05, 4.69) is 15.3 Å². The van der Waals surface area contributed by atoms with E-state index in [1.807, 2.05) is 13.0 Å². The van der Waals surface area contributed by atoms with Gasteiger partial charge in [0.1, 0.15) is 18.2 Å². The quantitative estimate of drug-likeness (QED) is 0.672. The van der Waals surface area contributed by atoms with Gasteiger partial charge < -0.3 is 10.1 Å². The SMILES string of the molecule is CNc1cc(C)nc(COc2ccc([N+](=O)[O-])c(C)c2)n1. The Hall–Kier alpha value is -2.70. The highest BCUT2D eigenvalue weighted by Gasteiger charge is 2.11. The molecule has 1 N–H and O–H groups in total. The zero-order chi connectivity index (χ0) is 15.4. The van der Waals surface area contributed by atoms with Crippen molar-refractivity contribution in [3.05, 3.63) is 51.5 Å². The number of aromatic nitrogens is 2. The molecule has 0 fully saturated rings. The minimum Gasteiger partial charge on any atom is -0.486 e. The van der Waals surface area contributed by atoms with Gasteiger partial charge in [0, 0.05) is 30.4 Å². The lowest BCUT2D eigenvalue weighted by Gasteiger charge is -2.08. The van der Waals surface area contributed by atoms with Gasteiger partial charge in [-0.2, -0.15) is 0 Å². The third-order valence-corrected chi connectivity index (χ3v) is 2.89. The summed E-state index contributed by atoms with van der Waals surface area (Å²) in [6.07, 6.45) is 0. The third-order valence-electron chi connectivity index (χ3n) is 2.89. The molecule has 2 aromatic rings. The Labute approximate surface area is 122 Å². The fourth-order valence-corrected chi connectivity index (χ4v) is 1.89. The fraction of sp³-hybridized carbons (Fsp3) is 0.286. The lowest BCUT2D eigenvalue weighted by atomic mass is 10.2. The van der Waals surface area contributed by atoms with Crippen LogP contribution in [0.15, 0.2) is 24.3 Å². The Bertz CT molecular complexity index is 673. The van der Waals surface area contributed by atoms with Crippen LogP contribution in [0.2, 0.25) is 0 Å². The molecule has 0 amide bonds. The Balaban J connectivity index is 2.11. The van der Waals surface area contributed by atoms with Crippen molar-refractivity contribution in [2.75, 3.05) is 12.4 Å². The van der Waals surface area contributed by atoms with Crippen molar-refractivity contribution in [3.8, 4) is 5.75 Å². The zero-order valence-electron chi connectivity index (χ0n) is 12.1. The van der Waals surface area contributed by atoms with Crippen LogP contribution in [0.4, 0.5) is 11.5 Å². The van der Waals surface area contributed by atoms with Crippen LogP contribution < -0.4 is 10.1 Å². The molecule has 7 heteroatoms. The van der Waals surface area contributed by atoms with Crippen molar-refractivity contribution in [2.45, 2.75) is 20.5 Å². The third kappa shape index (κ3) is 3.65. The Morgan fingerprint density at radius 3 is 2.67 bits per heavy atom. The van der Waals surface area contributed by atoms with Crippen LogP contribution in [0.3, 0.4) is 0 Å². The first-order valence-electron chi connectivity index (χ1n) is 6.39. The minimum atomic E-state index is -0.415. The molecule has 0 aliphatic carbocycles. The van der Waals surface area contributed by atoms with Gasteiger partial charge in [0.25, 0.3) is 5.69 Å². The second-order valence-electron chi connectivity index (χ2n) is 4.55. The van der Waals surface area contributed by atoms with Crippen molar-refractivity contribution in [1.29, 1.82) is 0 Å². The maximum atomic E-state index is 10.8. The van der Waals surface area contributed by atoms with E-state index in [1.165, 1.54) is 6.07 Å². The van der Waals surface area contributed by atoms with Crippen molar-refractivity contribution in [3.63, 3.8) is 0 Å². The van der Waals surface area contributed by atoms with Crippen LogP contribution in [0, 0.1) is 24.0 Å². The van der Waals surface area contributed by atoms with E-state index in [0.717, 1.165) is 11.5 Å². The predicted molar refractivity (Wildman–Crippen MR) is 78.5 cm³/mol.